The van der Waals surface area contributed by atoms with Gasteiger partial charge >= 0.3 is 0 Å². The summed E-state index contributed by atoms with van der Waals surface area (Å²) in [6.45, 7) is 1.07. The van der Waals surface area contributed by atoms with Crippen LogP contribution in [0.1, 0.15) is 41.7 Å². The summed E-state index contributed by atoms with van der Waals surface area (Å²) in [6.07, 6.45) is 5.50. The topological polar surface area (TPSA) is 112 Å². The van der Waals surface area contributed by atoms with Crippen LogP contribution in [0.2, 0.25) is 0 Å². The summed E-state index contributed by atoms with van der Waals surface area (Å²) < 4.78 is 7.71. The summed E-state index contributed by atoms with van der Waals surface area (Å²) in [6, 6.07) is 6.09. The second-order valence-electron chi connectivity index (χ2n) is 8.73. The zero-order chi connectivity index (χ0) is 19.8. The van der Waals surface area contributed by atoms with E-state index < -0.39 is 11.5 Å². The molecule has 6 rings (SSSR count). The van der Waals surface area contributed by atoms with E-state index >= 15 is 0 Å². The Morgan fingerprint density at radius 1 is 1.41 bits per heavy atom. The van der Waals surface area contributed by atoms with Gasteiger partial charge in [0.25, 0.3) is 5.91 Å². The Hall–Kier alpha value is -2.82. The van der Waals surface area contributed by atoms with Gasteiger partial charge in [0.2, 0.25) is 0 Å². The van der Waals surface area contributed by atoms with Gasteiger partial charge < -0.3 is 25.5 Å². The fourth-order valence-corrected chi connectivity index (χ4v) is 5.31. The van der Waals surface area contributed by atoms with Crippen molar-refractivity contribution in [3.63, 3.8) is 0 Å². The van der Waals surface area contributed by atoms with Crippen molar-refractivity contribution >= 4 is 5.91 Å². The normalized spacial score (nSPS) is 33.3. The van der Waals surface area contributed by atoms with Crippen molar-refractivity contribution in [3.8, 4) is 29.0 Å². The van der Waals surface area contributed by atoms with Crippen LogP contribution in [-0.2, 0) is 6.54 Å². The van der Waals surface area contributed by atoms with Gasteiger partial charge in [-0.3, -0.25) is 4.79 Å². The number of amides is 1. The Kier molecular flexibility index (Phi) is 3.31. The molecule has 4 unspecified atom stereocenters. The van der Waals surface area contributed by atoms with Gasteiger partial charge in [0, 0.05) is 29.8 Å². The minimum atomic E-state index is -0.941. The summed E-state index contributed by atoms with van der Waals surface area (Å²) in [5.41, 5.74) is 6.58. The molecule has 1 amide bonds. The van der Waals surface area contributed by atoms with Crippen LogP contribution in [-0.4, -0.2) is 44.4 Å². The molecule has 2 aromatic rings. The molecule has 0 bridgehead atoms. The molecule has 3 fully saturated rings. The number of imidazole rings is 1. The van der Waals surface area contributed by atoms with E-state index in [1.54, 1.807) is 6.20 Å². The van der Waals surface area contributed by atoms with Gasteiger partial charge in [-0.05, 0) is 43.4 Å². The van der Waals surface area contributed by atoms with Crippen molar-refractivity contribution in [2.75, 3.05) is 6.61 Å². The predicted molar refractivity (Wildman–Crippen MR) is 105 cm³/mol. The Labute approximate surface area is 168 Å². The summed E-state index contributed by atoms with van der Waals surface area (Å²) in [7, 11) is 0. The van der Waals surface area contributed by atoms with Crippen LogP contribution >= 0.6 is 0 Å². The monoisotopic (exact) mass is 390 g/mol. The van der Waals surface area contributed by atoms with E-state index in [-0.39, 0.29) is 5.69 Å². The fourth-order valence-electron chi connectivity index (χ4n) is 5.31. The van der Waals surface area contributed by atoms with Crippen molar-refractivity contribution in [2.45, 2.75) is 49.4 Å². The number of nitrogens with zero attached hydrogens (tertiary/aromatic N) is 2. The van der Waals surface area contributed by atoms with Crippen LogP contribution in [0.15, 0.2) is 24.4 Å². The standard InChI is InChI=1S/C22H22N4O3/c23-19(27)16-12-26-7-8-29-17-2-1-13(9-15(17)20(26)24-16)3-5-21(28)10-14-4-6-22(14)18(11-21)25-22/h1-2,9,12,14,18,25,28H,4,6-8,10-11H2,(H2,23,27). The molecule has 3 heterocycles. The maximum absolute atomic E-state index is 11.5. The van der Waals surface area contributed by atoms with Crippen LogP contribution < -0.4 is 15.8 Å². The van der Waals surface area contributed by atoms with Gasteiger partial charge in [0.05, 0.1) is 12.1 Å². The van der Waals surface area contributed by atoms with Crippen LogP contribution in [0.4, 0.5) is 0 Å². The molecule has 1 saturated heterocycles. The quantitative estimate of drug-likeness (QED) is 0.497. The number of nitrogens with two attached hydrogens (primary N) is 1. The third kappa shape index (κ3) is 2.53. The van der Waals surface area contributed by atoms with E-state index in [4.69, 9.17) is 10.5 Å². The summed E-state index contributed by atoms with van der Waals surface area (Å²) in [5, 5.41) is 14.6. The first kappa shape index (κ1) is 17.1. The Morgan fingerprint density at radius 2 is 2.31 bits per heavy atom. The van der Waals surface area contributed by atoms with Crippen LogP contribution in [0.25, 0.3) is 11.4 Å². The first-order valence-corrected chi connectivity index (χ1v) is 10.1. The number of primary amides is 1. The van der Waals surface area contributed by atoms with Crippen molar-refractivity contribution < 1.29 is 14.6 Å². The molecule has 4 atom stereocenters. The van der Waals surface area contributed by atoms with E-state index in [1.165, 1.54) is 12.8 Å². The number of carbonyl (C=O) groups excluding carboxylic acids is 1. The Balaban J connectivity index is 1.34. The number of rotatable bonds is 1. The zero-order valence-electron chi connectivity index (χ0n) is 15.9. The minimum absolute atomic E-state index is 0.238. The second-order valence-corrected chi connectivity index (χ2v) is 8.73. The van der Waals surface area contributed by atoms with E-state index in [1.807, 2.05) is 22.8 Å². The highest BCUT2D eigenvalue weighted by atomic mass is 16.5. The fraction of sp³-hybridized carbons (Fsp3) is 0.455. The lowest BCUT2D eigenvalue weighted by Crippen LogP contribution is -2.49. The SMILES string of the molecule is NC(=O)c1cn2c(n1)-c1cc(C#CC3(O)CC4CCC45NC5C3)ccc1OCC2. The number of aromatic nitrogens is 2. The van der Waals surface area contributed by atoms with Gasteiger partial charge in [0.1, 0.15) is 29.5 Å². The van der Waals surface area contributed by atoms with Gasteiger partial charge in [-0.1, -0.05) is 11.8 Å². The highest BCUT2D eigenvalue weighted by molar-refractivity contribution is 5.91. The molecule has 7 heteroatoms. The third-order valence-corrected chi connectivity index (χ3v) is 7.02. The first-order chi connectivity index (χ1) is 14.0. The lowest BCUT2D eigenvalue weighted by Gasteiger charge is -2.44. The lowest BCUT2D eigenvalue weighted by atomic mass is 9.61. The highest BCUT2D eigenvalue weighted by Gasteiger charge is 2.68. The molecule has 148 valence electrons. The Bertz CT molecular complexity index is 1110. The number of carbonyl (C=O) groups is 1. The average Bonchev–Trinajstić information content (AvgIpc) is 3.33. The number of aliphatic hydroxyl groups is 1. The molecule has 2 saturated carbocycles. The van der Waals surface area contributed by atoms with Crippen molar-refractivity contribution in [1.82, 2.24) is 14.9 Å². The molecular formula is C22H22N4O3. The van der Waals surface area contributed by atoms with Gasteiger partial charge in [-0.2, -0.15) is 0 Å². The predicted octanol–water partition coefficient (Wildman–Crippen LogP) is 1.04. The minimum Gasteiger partial charge on any atom is -0.491 e. The number of ether oxygens (including phenoxy) is 1. The zero-order valence-corrected chi connectivity index (χ0v) is 15.9. The molecule has 7 nitrogen and oxygen atoms in total. The van der Waals surface area contributed by atoms with Crippen molar-refractivity contribution in [3.05, 3.63) is 35.7 Å². The van der Waals surface area contributed by atoms with Crippen LogP contribution in [0.3, 0.4) is 0 Å². The average molecular weight is 390 g/mol. The summed E-state index contributed by atoms with van der Waals surface area (Å²) >= 11 is 0. The molecule has 1 aromatic heterocycles. The largest absolute Gasteiger partial charge is 0.491 e. The molecule has 4 aliphatic rings. The molecule has 2 aliphatic heterocycles. The van der Waals surface area contributed by atoms with Crippen molar-refractivity contribution in [1.29, 1.82) is 0 Å². The molecule has 29 heavy (non-hydrogen) atoms. The lowest BCUT2D eigenvalue weighted by molar-refractivity contribution is 0.00666. The first-order valence-electron chi connectivity index (χ1n) is 10.1. The molecular weight excluding hydrogens is 368 g/mol. The van der Waals surface area contributed by atoms with E-state index in [9.17, 15) is 9.90 Å². The molecule has 0 radical (unpaired) electrons. The summed E-state index contributed by atoms with van der Waals surface area (Å²) in [5.74, 6) is 7.66. The van der Waals surface area contributed by atoms with Crippen molar-refractivity contribution in [2.24, 2.45) is 11.7 Å². The van der Waals surface area contributed by atoms with Gasteiger partial charge in [0.15, 0.2) is 0 Å². The molecule has 1 aromatic carbocycles. The number of hydrogen-bond acceptors (Lipinski definition) is 5. The summed E-state index contributed by atoms with van der Waals surface area (Å²) in [4.78, 5) is 15.9. The number of hydrogen-bond donors (Lipinski definition) is 3. The smallest absolute Gasteiger partial charge is 0.268 e. The maximum atomic E-state index is 11.5. The molecule has 4 N–H and O–H groups in total. The van der Waals surface area contributed by atoms with Crippen LogP contribution in [0.5, 0.6) is 5.75 Å². The number of benzene rings is 1. The second kappa shape index (κ2) is 5.62. The number of nitrogens with one attached hydrogen (secondary N) is 1. The van der Waals surface area contributed by atoms with Gasteiger partial charge in [-0.15, -0.1) is 0 Å². The van der Waals surface area contributed by atoms with Gasteiger partial charge in [-0.25, -0.2) is 4.98 Å². The highest BCUT2D eigenvalue weighted by Crippen LogP contribution is 2.59. The molecule has 1 spiro atoms. The van der Waals surface area contributed by atoms with E-state index in [2.05, 4.69) is 22.1 Å². The van der Waals surface area contributed by atoms with E-state index in [0.29, 0.717) is 48.6 Å². The Morgan fingerprint density at radius 3 is 3.07 bits per heavy atom. The third-order valence-electron chi connectivity index (χ3n) is 7.02. The number of fused-ring (bicyclic) bond motifs is 3. The maximum Gasteiger partial charge on any atom is 0.268 e. The molecule has 2 aliphatic carbocycles. The van der Waals surface area contributed by atoms with E-state index in [0.717, 1.165) is 17.5 Å². The van der Waals surface area contributed by atoms with Crippen LogP contribution in [0, 0.1) is 17.8 Å².